The molecule has 1 aliphatic heterocycles. The Kier molecular flexibility index (Phi) is 7.58. The van der Waals surface area contributed by atoms with Crippen molar-refractivity contribution in [3.63, 3.8) is 0 Å². The molecule has 130 valence electrons. The van der Waals surface area contributed by atoms with Crippen molar-refractivity contribution in [3.8, 4) is 0 Å². The van der Waals surface area contributed by atoms with Gasteiger partial charge in [0.05, 0.1) is 6.10 Å². The van der Waals surface area contributed by atoms with Crippen LogP contribution in [0, 0.1) is 5.92 Å². The first-order valence-electron chi connectivity index (χ1n) is 9.46. The van der Waals surface area contributed by atoms with Crippen LogP contribution in [-0.2, 0) is 4.74 Å². The Bertz CT molecular complexity index is 449. The summed E-state index contributed by atoms with van der Waals surface area (Å²) in [6.45, 7) is 8.67. The molecule has 0 spiro atoms. The van der Waals surface area contributed by atoms with Gasteiger partial charge in [-0.1, -0.05) is 37.6 Å². The Hall–Kier alpha value is -0.860. The van der Waals surface area contributed by atoms with Crippen LogP contribution in [0.3, 0.4) is 0 Å². The van der Waals surface area contributed by atoms with E-state index in [9.17, 15) is 0 Å². The molecule has 0 bridgehead atoms. The molecule has 0 amide bonds. The van der Waals surface area contributed by atoms with Crippen molar-refractivity contribution in [1.29, 1.82) is 0 Å². The van der Waals surface area contributed by atoms with Crippen LogP contribution < -0.4 is 0 Å². The summed E-state index contributed by atoms with van der Waals surface area (Å²) in [5.74, 6) is 0.710. The predicted molar refractivity (Wildman–Crippen MR) is 99.7 cm³/mol. The van der Waals surface area contributed by atoms with E-state index < -0.39 is 0 Å². The van der Waals surface area contributed by atoms with E-state index in [1.165, 1.54) is 44.2 Å². The zero-order chi connectivity index (χ0) is 16.7. The largest absolute Gasteiger partial charge is 0.374 e. The summed E-state index contributed by atoms with van der Waals surface area (Å²) in [4.78, 5) is 2.56. The molecule has 0 aromatic carbocycles. The maximum absolute atomic E-state index is 6.02. The number of hydrogen-bond donors (Lipinski definition) is 0. The minimum atomic E-state index is 0.315. The first kappa shape index (κ1) is 18.5. The number of unbranched alkanes of at least 4 members (excludes halogenated alkanes) is 1. The predicted octanol–water partition coefficient (Wildman–Crippen LogP) is 5.12. The molecule has 1 aliphatic carbocycles. The van der Waals surface area contributed by atoms with Gasteiger partial charge in [-0.05, 0) is 70.1 Å². The van der Waals surface area contributed by atoms with E-state index in [1.807, 2.05) is 0 Å². The van der Waals surface area contributed by atoms with Crippen molar-refractivity contribution in [2.24, 2.45) is 5.92 Å². The molecule has 1 heterocycles. The number of likely N-dealkylation sites (tertiary alicyclic amines) is 1. The molecular weight excluding hydrogens is 282 g/mol. The zero-order valence-corrected chi connectivity index (χ0v) is 15.6. The standard InChI is InChI=1S/C21H35NO/c1-5-7-9-10-20-15-19(16-22(20)4)18-11-12-21(17(3)14-18)23-13-8-6-2/h5,7,11,14,19-21H,6,8-10,12-13,15-16H2,1-4H3/b7-5+. The van der Waals surface area contributed by atoms with Gasteiger partial charge in [-0.15, -0.1) is 0 Å². The molecule has 0 saturated carbocycles. The fourth-order valence-electron chi connectivity index (χ4n) is 3.81. The van der Waals surface area contributed by atoms with Crippen LogP contribution in [-0.4, -0.2) is 37.2 Å². The van der Waals surface area contributed by atoms with Gasteiger partial charge in [0, 0.05) is 19.2 Å². The third kappa shape index (κ3) is 5.32. The first-order valence-corrected chi connectivity index (χ1v) is 9.46. The zero-order valence-electron chi connectivity index (χ0n) is 15.6. The highest BCUT2D eigenvalue weighted by Crippen LogP contribution is 2.34. The third-order valence-electron chi connectivity index (χ3n) is 5.35. The first-order chi connectivity index (χ1) is 11.2. The van der Waals surface area contributed by atoms with E-state index in [0.29, 0.717) is 12.0 Å². The van der Waals surface area contributed by atoms with Crippen molar-refractivity contribution >= 4 is 0 Å². The lowest BCUT2D eigenvalue weighted by atomic mass is 9.87. The second-order valence-electron chi connectivity index (χ2n) is 7.21. The Labute approximate surface area is 143 Å². The van der Waals surface area contributed by atoms with Gasteiger partial charge in [-0.2, -0.15) is 0 Å². The minimum absolute atomic E-state index is 0.315. The molecule has 2 rings (SSSR count). The fourth-order valence-corrected chi connectivity index (χ4v) is 3.81. The summed E-state index contributed by atoms with van der Waals surface area (Å²) in [7, 11) is 2.29. The number of nitrogens with zero attached hydrogens (tertiary/aromatic N) is 1. The highest BCUT2D eigenvalue weighted by atomic mass is 16.5. The van der Waals surface area contributed by atoms with Gasteiger partial charge >= 0.3 is 0 Å². The summed E-state index contributed by atoms with van der Waals surface area (Å²) in [5.41, 5.74) is 2.97. The van der Waals surface area contributed by atoms with Crippen molar-refractivity contribution in [2.45, 2.75) is 71.4 Å². The van der Waals surface area contributed by atoms with Crippen molar-refractivity contribution in [3.05, 3.63) is 35.5 Å². The average Bonchev–Trinajstić information content (AvgIpc) is 2.90. The van der Waals surface area contributed by atoms with Crippen LogP contribution >= 0.6 is 0 Å². The summed E-state index contributed by atoms with van der Waals surface area (Å²) >= 11 is 0. The van der Waals surface area contributed by atoms with Crippen LogP contribution in [0.25, 0.3) is 0 Å². The van der Waals surface area contributed by atoms with Crippen molar-refractivity contribution in [1.82, 2.24) is 4.90 Å². The quantitative estimate of drug-likeness (QED) is 0.455. The molecule has 0 N–H and O–H groups in total. The van der Waals surface area contributed by atoms with E-state index in [0.717, 1.165) is 19.1 Å². The molecule has 2 aliphatic rings. The third-order valence-corrected chi connectivity index (χ3v) is 5.35. The summed E-state index contributed by atoms with van der Waals surface area (Å²) in [5, 5.41) is 0. The highest BCUT2D eigenvalue weighted by Gasteiger charge is 2.31. The lowest BCUT2D eigenvalue weighted by molar-refractivity contribution is 0.0760. The molecule has 1 saturated heterocycles. The van der Waals surface area contributed by atoms with Gasteiger partial charge in [-0.25, -0.2) is 0 Å². The van der Waals surface area contributed by atoms with Crippen LogP contribution in [0.15, 0.2) is 35.5 Å². The average molecular weight is 318 g/mol. The number of rotatable bonds is 8. The molecule has 2 nitrogen and oxygen atoms in total. The maximum Gasteiger partial charge on any atom is 0.0820 e. The lowest BCUT2D eigenvalue weighted by Crippen LogP contribution is -2.24. The Morgan fingerprint density at radius 1 is 1.39 bits per heavy atom. The van der Waals surface area contributed by atoms with E-state index in [-0.39, 0.29) is 0 Å². The second kappa shape index (κ2) is 9.44. The van der Waals surface area contributed by atoms with Gasteiger partial charge in [0.25, 0.3) is 0 Å². The van der Waals surface area contributed by atoms with E-state index >= 15 is 0 Å². The van der Waals surface area contributed by atoms with Crippen LogP contribution in [0.5, 0.6) is 0 Å². The Morgan fingerprint density at radius 2 is 2.22 bits per heavy atom. The smallest absolute Gasteiger partial charge is 0.0820 e. The van der Waals surface area contributed by atoms with Gasteiger partial charge in [0.1, 0.15) is 0 Å². The van der Waals surface area contributed by atoms with E-state index in [1.54, 1.807) is 5.57 Å². The van der Waals surface area contributed by atoms with Crippen molar-refractivity contribution in [2.75, 3.05) is 20.2 Å². The monoisotopic (exact) mass is 317 g/mol. The minimum Gasteiger partial charge on any atom is -0.374 e. The summed E-state index contributed by atoms with van der Waals surface area (Å²) < 4.78 is 6.02. The van der Waals surface area contributed by atoms with Crippen LogP contribution in [0.2, 0.25) is 0 Å². The van der Waals surface area contributed by atoms with Gasteiger partial charge in [0.15, 0.2) is 0 Å². The van der Waals surface area contributed by atoms with Crippen LogP contribution in [0.1, 0.15) is 59.3 Å². The topological polar surface area (TPSA) is 12.5 Å². The van der Waals surface area contributed by atoms with E-state index in [4.69, 9.17) is 4.74 Å². The molecule has 2 heteroatoms. The van der Waals surface area contributed by atoms with Gasteiger partial charge < -0.3 is 9.64 Å². The van der Waals surface area contributed by atoms with Crippen LogP contribution in [0.4, 0.5) is 0 Å². The number of hydrogen-bond acceptors (Lipinski definition) is 2. The number of allylic oxidation sites excluding steroid dienone is 3. The van der Waals surface area contributed by atoms with E-state index in [2.05, 4.69) is 57.0 Å². The maximum atomic E-state index is 6.02. The molecular formula is C21H35NO. The Balaban J connectivity index is 1.86. The molecule has 0 radical (unpaired) electrons. The fraction of sp³-hybridized carbons (Fsp3) is 0.714. The van der Waals surface area contributed by atoms with Gasteiger partial charge in [-0.3, -0.25) is 0 Å². The molecule has 3 unspecified atom stereocenters. The molecule has 1 fully saturated rings. The normalized spacial score (nSPS) is 29.1. The molecule has 3 atom stereocenters. The molecule has 0 aromatic rings. The lowest BCUT2D eigenvalue weighted by Gasteiger charge is -2.24. The van der Waals surface area contributed by atoms with Crippen molar-refractivity contribution < 1.29 is 4.74 Å². The Morgan fingerprint density at radius 3 is 2.91 bits per heavy atom. The molecule has 23 heavy (non-hydrogen) atoms. The summed E-state index contributed by atoms with van der Waals surface area (Å²) in [6, 6.07) is 0.740. The molecule has 0 aromatic heterocycles. The van der Waals surface area contributed by atoms with Gasteiger partial charge in [0.2, 0.25) is 0 Å². The summed E-state index contributed by atoms with van der Waals surface area (Å²) in [6.07, 6.45) is 16.9. The second-order valence-corrected chi connectivity index (χ2v) is 7.21. The SMILES string of the molecule is C/C=C/CCC1CC(C2=CCC(OCCCC)C(C)=C2)CN1C. The highest BCUT2D eigenvalue weighted by molar-refractivity contribution is 5.33. The number of ether oxygens (including phenoxy) is 1.